The Morgan fingerprint density at radius 3 is 2.28 bits per heavy atom. The van der Waals surface area contributed by atoms with Gasteiger partial charge in [0.1, 0.15) is 0 Å². The Kier molecular flexibility index (Phi) is 6.18. The molecule has 18 heavy (non-hydrogen) atoms. The van der Waals surface area contributed by atoms with E-state index < -0.39 is 0 Å². The first-order chi connectivity index (χ1) is 8.47. The molecule has 0 radical (unpaired) electrons. The second-order valence-electron chi connectivity index (χ2n) is 3.52. The molecule has 1 aromatic rings. The summed E-state index contributed by atoms with van der Waals surface area (Å²) in [5.41, 5.74) is 0.713. The van der Waals surface area contributed by atoms with E-state index in [1.807, 2.05) is 0 Å². The molecule has 98 valence electrons. The Hall–Kier alpha value is -1.04. The molecule has 0 saturated carbocycles. The van der Waals surface area contributed by atoms with E-state index >= 15 is 0 Å². The molecule has 4 nitrogen and oxygen atoms in total. The molecule has 0 fully saturated rings. The fourth-order valence-corrected chi connectivity index (χ4v) is 1.96. The molecule has 0 aliphatic rings. The van der Waals surface area contributed by atoms with Crippen LogP contribution < -0.4 is 16.0 Å². The van der Waals surface area contributed by atoms with E-state index in [4.69, 9.17) is 35.4 Å². The van der Waals surface area contributed by atoms with E-state index in [0.717, 1.165) is 0 Å². The van der Waals surface area contributed by atoms with Crippen molar-refractivity contribution in [2.75, 3.05) is 18.4 Å². The highest BCUT2D eigenvalue weighted by Gasteiger charge is 2.00. The lowest BCUT2D eigenvalue weighted by Gasteiger charge is -2.11. The van der Waals surface area contributed by atoms with Gasteiger partial charge in [-0.1, -0.05) is 23.2 Å². The van der Waals surface area contributed by atoms with E-state index in [2.05, 4.69) is 16.0 Å². The summed E-state index contributed by atoms with van der Waals surface area (Å²) in [6.45, 7) is 2.51. The largest absolute Gasteiger partial charge is 0.361 e. The zero-order chi connectivity index (χ0) is 13.5. The van der Waals surface area contributed by atoms with Gasteiger partial charge < -0.3 is 16.0 Å². The minimum Gasteiger partial charge on any atom is -0.361 e. The van der Waals surface area contributed by atoms with E-state index in [-0.39, 0.29) is 5.91 Å². The zero-order valence-electron chi connectivity index (χ0n) is 9.72. The third-order valence-corrected chi connectivity index (χ3v) is 2.59. The second kappa shape index (κ2) is 7.41. The van der Waals surface area contributed by atoms with E-state index in [1.54, 1.807) is 18.2 Å². The Labute approximate surface area is 121 Å². The van der Waals surface area contributed by atoms with Gasteiger partial charge in [0.25, 0.3) is 0 Å². The van der Waals surface area contributed by atoms with Gasteiger partial charge in [-0.05, 0) is 30.4 Å². The molecule has 0 atom stereocenters. The number of hydrogen-bond acceptors (Lipinski definition) is 2. The molecule has 3 N–H and O–H groups in total. The molecule has 0 bridgehead atoms. The molecule has 7 heteroatoms. The number of nitrogens with one attached hydrogen (secondary N) is 3. The minimum absolute atomic E-state index is 0.0719. The van der Waals surface area contributed by atoms with Gasteiger partial charge in [-0.15, -0.1) is 0 Å². The Morgan fingerprint density at radius 2 is 1.72 bits per heavy atom. The van der Waals surface area contributed by atoms with Gasteiger partial charge in [-0.25, -0.2) is 0 Å². The highest BCUT2D eigenvalue weighted by Crippen LogP contribution is 2.22. The lowest BCUT2D eigenvalue weighted by Crippen LogP contribution is -2.35. The maximum Gasteiger partial charge on any atom is 0.216 e. The maximum absolute atomic E-state index is 10.6. The van der Waals surface area contributed by atoms with Crippen LogP contribution in [-0.2, 0) is 4.79 Å². The number of carbonyl (C=O) groups excluding carboxylic acids is 1. The van der Waals surface area contributed by atoms with Crippen LogP contribution in [0, 0.1) is 0 Å². The number of carbonyl (C=O) groups is 1. The first kappa shape index (κ1) is 15.0. The SMILES string of the molecule is CC(=O)NCCNC(=S)Nc1cc(Cl)cc(Cl)c1. The maximum atomic E-state index is 10.6. The normalized spacial score (nSPS) is 9.72. The third kappa shape index (κ3) is 6.05. The van der Waals surface area contributed by atoms with Crippen LogP contribution in [0.5, 0.6) is 0 Å². The van der Waals surface area contributed by atoms with Gasteiger partial charge in [0, 0.05) is 35.7 Å². The van der Waals surface area contributed by atoms with Gasteiger partial charge in [0.15, 0.2) is 5.11 Å². The standard InChI is InChI=1S/C11H13Cl2N3OS/c1-7(17)14-2-3-15-11(18)16-10-5-8(12)4-9(13)6-10/h4-6H,2-3H2,1H3,(H,14,17)(H2,15,16,18). The van der Waals surface area contributed by atoms with Crippen molar-refractivity contribution in [3.8, 4) is 0 Å². The molecule has 0 saturated heterocycles. The summed E-state index contributed by atoms with van der Waals surface area (Å²) in [7, 11) is 0. The number of rotatable bonds is 4. The highest BCUT2D eigenvalue weighted by atomic mass is 35.5. The first-order valence-electron chi connectivity index (χ1n) is 5.23. The average Bonchev–Trinajstić information content (AvgIpc) is 2.22. The van der Waals surface area contributed by atoms with Crippen molar-refractivity contribution in [2.24, 2.45) is 0 Å². The zero-order valence-corrected chi connectivity index (χ0v) is 12.0. The summed E-state index contributed by atoms with van der Waals surface area (Å²) >= 11 is 16.8. The van der Waals surface area contributed by atoms with Crippen LogP contribution in [0.1, 0.15) is 6.92 Å². The fraction of sp³-hybridized carbons (Fsp3) is 0.273. The lowest BCUT2D eigenvalue weighted by molar-refractivity contribution is -0.118. The smallest absolute Gasteiger partial charge is 0.216 e. The number of hydrogen-bond donors (Lipinski definition) is 3. The number of anilines is 1. The first-order valence-corrected chi connectivity index (χ1v) is 6.39. The predicted molar refractivity (Wildman–Crippen MR) is 79.4 cm³/mol. The van der Waals surface area contributed by atoms with Crippen molar-refractivity contribution in [3.05, 3.63) is 28.2 Å². The highest BCUT2D eigenvalue weighted by molar-refractivity contribution is 7.80. The van der Waals surface area contributed by atoms with Crippen LogP contribution in [0.4, 0.5) is 5.69 Å². The molecule has 1 aromatic carbocycles. The average molecular weight is 306 g/mol. The number of benzene rings is 1. The van der Waals surface area contributed by atoms with Crippen molar-refractivity contribution >= 4 is 52.1 Å². The minimum atomic E-state index is -0.0719. The Balaban J connectivity index is 2.37. The predicted octanol–water partition coefficient (Wildman–Crippen LogP) is 2.42. The molecule has 1 amide bonds. The number of halogens is 2. The third-order valence-electron chi connectivity index (χ3n) is 1.90. The van der Waals surface area contributed by atoms with Crippen molar-refractivity contribution in [1.82, 2.24) is 10.6 Å². The Morgan fingerprint density at radius 1 is 1.17 bits per heavy atom. The summed E-state index contributed by atoms with van der Waals surface area (Å²) < 4.78 is 0. The quantitative estimate of drug-likeness (QED) is 0.591. The van der Waals surface area contributed by atoms with E-state index in [0.29, 0.717) is 33.9 Å². The fourth-order valence-electron chi connectivity index (χ4n) is 1.22. The van der Waals surface area contributed by atoms with Crippen molar-refractivity contribution in [2.45, 2.75) is 6.92 Å². The molecule has 0 aliphatic heterocycles. The van der Waals surface area contributed by atoms with Gasteiger partial charge in [0.05, 0.1) is 0 Å². The number of amides is 1. The molecule has 0 heterocycles. The molecule has 0 spiro atoms. The molecular formula is C11H13Cl2N3OS. The molecule has 0 aliphatic carbocycles. The van der Waals surface area contributed by atoms with Crippen molar-refractivity contribution in [3.63, 3.8) is 0 Å². The summed E-state index contributed by atoms with van der Waals surface area (Å²) in [4.78, 5) is 10.6. The van der Waals surface area contributed by atoms with E-state index in [9.17, 15) is 4.79 Å². The van der Waals surface area contributed by atoms with Gasteiger partial charge >= 0.3 is 0 Å². The van der Waals surface area contributed by atoms with Gasteiger partial charge in [-0.2, -0.15) is 0 Å². The lowest BCUT2D eigenvalue weighted by atomic mass is 10.3. The van der Waals surface area contributed by atoms with Crippen LogP contribution in [0.15, 0.2) is 18.2 Å². The van der Waals surface area contributed by atoms with Crippen LogP contribution in [0.2, 0.25) is 10.0 Å². The van der Waals surface area contributed by atoms with Crippen LogP contribution >= 0.6 is 35.4 Å². The van der Waals surface area contributed by atoms with Crippen LogP contribution in [0.3, 0.4) is 0 Å². The van der Waals surface area contributed by atoms with Crippen LogP contribution in [0.25, 0.3) is 0 Å². The van der Waals surface area contributed by atoms with E-state index in [1.165, 1.54) is 6.92 Å². The summed E-state index contributed by atoms with van der Waals surface area (Å²) in [5.74, 6) is -0.0719. The molecule has 0 unspecified atom stereocenters. The molecule has 0 aromatic heterocycles. The summed E-state index contributed by atoms with van der Waals surface area (Å²) in [6, 6.07) is 5.08. The topological polar surface area (TPSA) is 53.2 Å². The second-order valence-corrected chi connectivity index (χ2v) is 4.80. The van der Waals surface area contributed by atoms with Crippen molar-refractivity contribution in [1.29, 1.82) is 0 Å². The molecular weight excluding hydrogens is 293 g/mol. The monoisotopic (exact) mass is 305 g/mol. The Bertz CT molecular complexity index is 434. The van der Waals surface area contributed by atoms with Gasteiger partial charge in [-0.3, -0.25) is 4.79 Å². The van der Waals surface area contributed by atoms with Crippen molar-refractivity contribution < 1.29 is 4.79 Å². The molecule has 1 rings (SSSR count). The summed E-state index contributed by atoms with van der Waals surface area (Å²) in [5, 5.41) is 10.1. The summed E-state index contributed by atoms with van der Waals surface area (Å²) in [6.07, 6.45) is 0. The number of thiocarbonyl (C=S) groups is 1. The van der Waals surface area contributed by atoms with Crippen LogP contribution in [-0.4, -0.2) is 24.1 Å². The van der Waals surface area contributed by atoms with Gasteiger partial charge in [0.2, 0.25) is 5.91 Å².